The molecule has 6 aliphatic rings. The van der Waals surface area contributed by atoms with Crippen molar-refractivity contribution in [2.45, 2.75) is 110 Å². The van der Waals surface area contributed by atoms with E-state index in [1.54, 1.807) is 0 Å². The van der Waals surface area contributed by atoms with Crippen molar-refractivity contribution in [3.63, 3.8) is 0 Å². The second kappa shape index (κ2) is 8.49. The lowest BCUT2D eigenvalue weighted by atomic mass is 9.43. The SMILES string of the molecule is C[C@@H]1CN([C@H]2C[C@@]3(C)[C@@H](CC[C@H]4[C@@H]5CC[C@H](C6(C)OCCO6)[C@@]5(C)CC(=O)[C@@H]43)C[C@@H]2O)C[C@H](C)O1. The van der Waals surface area contributed by atoms with Gasteiger partial charge in [0.15, 0.2) is 5.79 Å². The van der Waals surface area contributed by atoms with Gasteiger partial charge in [0.25, 0.3) is 0 Å². The number of hydrogen-bond acceptors (Lipinski definition) is 6. The Hall–Kier alpha value is -0.530. The van der Waals surface area contributed by atoms with Crippen LogP contribution in [0.25, 0.3) is 0 Å². The van der Waals surface area contributed by atoms with Gasteiger partial charge in [-0.05, 0) is 87.9 Å². The van der Waals surface area contributed by atoms with Gasteiger partial charge in [-0.3, -0.25) is 9.69 Å². The molecule has 0 radical (unpaired) electrons. The van der Waals surface area contributed by atoms with Crippen molar-refractivity contribution >= 4 is 5.78 Å². The summed E-state index contributed by atoms with van der Waals surface area (Å²) >= 11 is 0. The minimum atomic E-state index is -0.540. The number of morpholine rings is 1. The van der Waals surface area contributed by atoms with E-state index >= 15 is 0 Å². The quantitative estimate of drug-likeness (QED) is 0.632. The average Bonchev–Trinajstić information content (AvgIpc) is 3.36. The van der Waals surface area contributed by atoms with Crippen LogP contribution in [0.2, 0.25) is 0 Å². The van der Waals surface area contributed by atoms with Gasteiger partial charge in [-0.2, -0.15) is 0 Å². The smallest absolute Gasteiger partial charge is 0.169 e. The Morgan fingerprint density at radius 2 is 1.63 bits per heavy atom. The normalized spacial score (nSPS) is 54.2. The van der Waals surface area contributed by atoms with Crippen LogP contribution < -0.4 is 0 Å². The summed E-state index contributed by atoms with van der Waals surface area (Å²) in [7, 11) is 0. The van der Waals surface area contributed by atoms with E-state index in [1.165, 1.54) is 6.42 Å². The Bertz CT molecular complexity index is 833. The van der Waals surface area contributed by atoms with Gasteiger partial charge < -0.3 is 19.3 Å². The van der Waals surface area contributed by atoms with Crippen molar-refractivity contribution in [1.29, 1.82) is 0 Å². The van der Waals surface area contributed by atoms with E-state index < -0.39 is 5.79 Å². The molecule has 6 fully saturated rings. The van der Waals surface area contributed by atoms with Gasteiger partial charge >= 0.3 is 0 Å². The molecule has 4 saturated carbocycles. The Balaban J connectivity index is 1.28. The van der Waals surface area contributed by atoms with Gasteiger partial charge in [0.1, 0.15) is 5.78 Å². The highest BCUT2D eigenvalue weighted by molar-refractivity contribution is 5.84. The predicted molar refractivity (Wildman–Crippen MR) is 133 cm³/mol. The second-order valence-corrected chi connectivity index (χ2v) is 13.8. The number of aliphatic hydroxyl groups excluding tert-OH is 1. The molecule has 4 aliphatic carbocycles. The first-order chi connectivity index (χ1) is 16.5. The number of aliphatic hydroxyl groups is 1. The number of rotatable bonds is 2. The lowest BCUT2D eigenvalue weighted by Gasteiger charge is -2.62. The molecule has 0 aromatic rings. The molecule has 6 rings (SSSR count). The Kier molecular flexibility index (Phi) is 6.01. The van der Waals surface area contributed by atoms with Gasteiger partial charge in [-0.15, -0.1) is 0 Å². The molecule has 0 aromatic carbocycles. The van der Waals surface area contributed by atoms with Crippen LogP contribution in [0.4, 0.5) is 0 Å². The summed E-state index contributed by atoms with van der Waals surface area (Å²) in [6, 6.07) is 0.125. The van der Waals surface area contributed by atoms with Crippen LogP contribution in [0.3, 0.4) is 0 Å². The predicted octanol–water partition coefficient (Wildman–Crippen LogP) is 4.04. The summed E-state index contributed by atoms with van der Waals surface area (Å²) in [4.78, 5) is 16.7. The zero-order valence-corrected chi connectivity index (χ0v) is 22.5. The highest BCUT2D eigenvalue weighted by Crippen LogP contribution is 2.68. The molecule has 2 saturated heterocycles. The summed E-state index contributed by atoms with van der Waals surface area (Å²) < 4.78 is 18.3. The van der Waals surface area contributed by atoms with E-state index in [9.17, 15) is 9.90 Å². The first-order valence-corrected chi connectivity index (χ1v) is 14.4. The van der Waals surface area contributed by atoms with Crippen molar-refractivity contribution < 1.29 is 24.1 Å². The lowest BCUT2D eigenvalue weighted by Crippen LogP contribution is -2.64. The first kappa shape index (κ1) is 24.8. The van der Waals surface area contributed by atoms with Crippen molar-refractivity contribution in [3.05, 3.63) is 0 Å². The van der Waals surface area contributed by atoms with E-state index in [1.807, 2.05) is 0 Å². The molecule has 0 unspecified atom stereocenters. The summed E-state index contributed by atoms with van der Waals surface area (Å²) in [5.41, 5.74) is -0.0679. The van der Waals surface area contributed by atoms with Crippen molar-refractivity contribution in [2.24, 2.45) is 40.4 Å². The molecule has 2 heterocycles. The van der Waals surface area contributed by atoms with E-state index in [0.29, 0.717) is 43.2 Å². The summed E-state index contributed by atoms with van der Waals surface area (Å²) in [5, 5.41) is 11.3. The Morgan fingerprint density at radius 3 is 2.31 bits per heavy atom. The number of carbonyl (C=O) groups excluding carboxylic acids is 1. The summed E-state index contributed by atoms with van der Waals surface area (Å²) in [6.45, 7) is 14.2. The molecule has 2 aliphatic heterocycles. The zero-order valence-electron chi connectivity index (χ0n) is 22.5. The maximum absolute atomic E-state index is 14.2. The third-order valence-electron chi connectivity index (χ3n) is 11.8. The monoisotopic (exact) mass is 489 g/mol. The molecule has 0 bridgehead atoms. The largest absolute Gasteiger partial charge is 0.391 e. The minimum absolute atomic E-state index is 0.0294. The van der Waals surface area contributed by atoms with Crippen LogP contribution in [0, 0.1) is 40.4 Å². The first-order valence-electron chi connectivity index (χ1n) is 14.4. The maximum atomic E-state index is 14.2. The molecule has 11 atom stereocenters. The number of carbonyl (C=O) groups is 1. The number of Topliss-reactive ketones (excluding diaryl/α,β-unsaturated/α-hetero) is 1. The molecule has 0 amide bonds. The highest BCUT2D eigenvalue weighted by atomic mass is 16.7. The van der Waals surface area contributed by atoms with Gasteiger partial charge in [-0.25, -0.2) is 0 Å². The van der Waals surface area contributed by atoms with E-state index in [2.05, 4.69) is 39.5 Å². The fraction of sp³-hybridized carbons (Fsp3) is 0.966. The maximum Gasteiger partial charge on any atom is 0.169 e. The van der Waals surface area contributed by atoms with Crippen LogP contribution in [-0.4, -0.2) is 72.2 Å². The number of ether oxygens (including phenoxy) is 3. The Labute approximate surface area is 211 Å². The van der Waals surface area contributed by atoms with Gasteiger partial charge in [-0.1, -0.05) is 13.8 Å². The molecule has 198 valence electrons. The van der Waals surface area contributed by atoms with Crippen molar-refractivity contribution in [3.8, 4) is 0 Å². The third-order valence-corrected chi connectivity index (χ3v) is 11.8. The van der Waals surface area contributed by atoms with Gasteiger partial charge in [0.05, 0.1) is 31.5 Å². The minimum Gasteiger partial charge on any atom is -0.391 e. The molecule has 6 heteroatoms. The number of nitrogens with zero attached hydrogens (tertiary/aromatic N) is 1. The summed E-state index contributed by atoms with van der Waals surface area (Å²) in [5.74, 6) is 1.81. The number of hydrogen-bond donors (Lipinski definition) is 1. The van der Waals surface area contributed by atoms with Crippen LogP contribution >= 0.6 is 0 Å². The van der Waals surface area contributed by atoms with Crippen molar-refractivity contribution in [2.75, 3.05) is 26.3 Å². The fourth-order valence-corrected chi connectivity index (χ4v) is 10.5. The van der Waals surface area contributed by atoms with Gasteiger partial charge in [0, 0.05) is 37.4 Å². The molecule has 6 nitrogen and oxygen atoms in total. The molecular weight excluding hydrogens is 442 g/mol. The topological polar surface area (TPSA) is 68.2 Å². The zero-order chi connectivity index (χ0) is 24.8. The lowest BCUT2D eigenvalue weighted by molar-refractivity contribution is -0.218. The van der Waals surface area contributed by atoms with Crippen LogP contribution in [-0.2, 0) is 19.0 Å². The van der Waals surface area contributed by atoms with Crippen LogP contribution in [0.5, 0.6) is 0 Å². The molecule has 0 aromatic heterocycles. The average molecular weight is 490 g/mol. The molecule has 35 heavy (non-hydrogen) atoms. The summed E-state index contributed by atoms with van der Waals surface area (Å²) in [6.07, 6.45) is 7.05. The number of ketones is 1. The van der Waals surface area contributed by atoms with Gasteiger partial charge in [0.2, 0.25) is 0 Å². The standard InChI is InChI=1S/C29H47NO5/c1-17-15-30(16-18(2)35-17)22-13-27(3)19(12-23(22)31)6-7-20-21-8-9-25(29(5)33-10-11-34-29)28(21,4)14-24(32)26(20)27/h17-23,25-26,31H,6-16H2,1-5H3/t17-,18+,19-,20-,21-,22-,23-,25-,26+,27-,28-/m0/s1. The van der Waals surface area contributed by atoms with Crippen LogP contribution in [0.15, 0.2) is 0 Å². The fourth-order valence-electron chi connectivity index (χ4n) is 10.5. The van der Waals surface area contributed by atoms with E-state index in [-0.39, 0.29) is 47.0 Å². The van der Waals surface area contributed by atoms with E-state index in [0.717, 1.165) is 45.2 Å². The molecular formula is C29H47NO5. The van der Waals surface area contributed by atoms with Crippen molar-refractivity contribution in [1.82, 2.24) is 4.90 Å². The van der Waals surface area contributed by atoms with Crippen LogP contribution in [0.1, 0.15) is 79.6 Å². The molecule has 0 spiro atoms. The van der Waals surface area contributed by atoms with E-state index in [4.69, 9.17) is 14.2 Å². The number of fused-ring (bicyclic) bond motifs is 5. The second-order valence-electron chi connectivity index (χ2n) is 13.8. The third kappa shape index (κ3) is 3.71. The Morgan fingerprint density at radius 1 is 0.943 bits per heavy atom. The molecule has 1 N–H and O–H groups in total. The highest BCUT2D eigenvalue weighted by Gasteiger charge is 2.67.